The van der Waals surface area contributed by atoms with Crippen molar-refractivity contribution >= 4 is 11.7 Å². The molecule has 0 unspecified atom stereocenters. The summed E-state index contributed by atoms with van der Waals surface area (Å²) in [5.74, 6) is 0.669. The lowest BCUT2D eigenvalue weighted by Gasteiger charge is -2.39. The molecule has 4 rings (SSSR count). The topological polar surface area (TPSA) is 37.4 Å². The lowest BCUT2D eigenvalue weighted by atomic mass is 9.71. The van der Waals surface area contributed by atoms with E-state index in [4.69, 9.17) is 0 Å². The van der Waals surface area contributed by atoms with Crippen LogP contribution in [0.25, 0.3) is 0 Å². The quantitative estimate of drug-likeness (QED) is 0.776. The second kappa shape index (κ2) is 3.42. The lowest BCUT2D eigenvalue weighted by molar-refractivity contribution is -0.128. The van der Waals surface area contributed by atoms with Crippen molar-refractivity contribution in [3.05, 3.63) is 35.9 Å². The van der Waals surface area contributed by atoms with Crippen LogP contribution in [0.3, 0.4) is 0 Å². The monoisotopic (exact) mass is 229 g/mol. The molecule has 1 aromatic rings. The minimum atomic E-state index is -0.475. The Morgan fingerprint density at radius 1 is 1.24 bits per heavy atom. The Labute approximate surface area is 100 Å². The second-order valence-corrected chi connectivity index (χ2v) is 5.14. The fourth-order valence-electron chi connectivity index (χ4n) is 3.17. The van der Waals surface area contributed by atoms with E-state index in [9.17, 15) is 9.59 Å². The zero-order valence-corrected chi connectivity index (χ0v) is 9.85. The minimum Gasteiger partial charge on any atom is -0.326 e. The fourth-order valence-corrected chi connectivity index (χ4v) is 3.17. The first kappa shape index (κ1) is 10.5. The summed E-state index contributed by atoms with van der Waals surface area (Å²) in [5, 5.41) is 0. The number of carbonyl (C=O) groups excluding carboxylic acids is 2. The van der Waals surface area contributed by atoms with Crippen LogP contribution in [-0.4, -0.2) is 28.7 Å². The van der Waals surface area contributed by atoms with Gasteiger partial charge in [0, 0.05) is 12.1 Å². The molecule has 2 saturated heterocycles. The molecule has 0 N–H and O–H groups in total. The van der Waals surface area contributed by atoms with Gasteiger partial charge in [0.15, 0.2) is 5.78 Å². The highest BCUT2D eigenvalue weighted by molar-refractivity contribution is 6.00. The summed E-state index contributed by atoms with van der Waals surface area (Å²) in [6, 6.07) is 9.22. The normalized spacial score (nSPS) is 29.9. The Bertz CT molecular complexity index is 474. The second-order valence-electron chi connectivity index (χ2n) is 5.14. The Hall–Kier alpha value is -1.64. The van der Waals surface area contributed by atoms with Crippen LogP contribution in [-0.2, 0) is 4.79 Å². The molecule has 2 heterocycles. The number of hydrogen-bond acceptors (Lipinski definition) is 2. The third-order valence-electron chi connectivity index (χ3n) is 4.13. The summed E-state index contributed by atoms with van der Waals surface area (Å²) in [6.07, 6.45) is 1.72. The predicted molar refractivity (Wildman–Crippen MR) is 63.6 cm³/mol. The van der Waals surface area contributed by atoms with Crippen molar-refractivity contribution in [1.82, 2.24) is 4.90 Å². The third kappa shape index (κ3) is 1.35. The standard InChI is InChI=1S/C14H15NO2/c1-10(16)14-7-11(8-14)9-15(14)13(17)12-5-3-2-4-6-12/h2-6,11H,7-9H2,1H3. The molecular formula is C14H15NO2. The molecule has 3 aliphatic rings. The highest BCUT2D eigenvalue weighted by Crippen LogP contribution is 2.51. The van der Waals surface area contributed by atoms with Gasteiger partial charge in [0.25, 0.3) is 5.91 Å². The SMILES string of the molecule is CC(=O)C12CC(CN1C(=O)c1ccccc1)C2. The summed E-state index contributed by atoms with van der Waals surface area (Å²) in [5.41, 5.74) is 0.207. The Kier molecular flexibility index (Phi) is 2.12. The number of ketones is 1. The van der Waals surface area contributed by atoms with Gasteiger partial charge in [-0.25, -0.2) is 0 Å². The fraction of sp³-hybridized carbons (Fsp3) is 0.429. The summed E-state index contributed by atoms with van der Waals surface area (Å²) in [4.78, 5) is 25.9. The number of carbonyl (C=O) groups is 2. The molecule has 1 aromatic carbocycles. The molecule has 0 aromatic heterocycles. The molecule has 0 atom stereocenters. The maximum atomic E-state index is 12.4. The van der Waals surface area contributed by atoms with Gasteiger partial charge in [0.2, 0.25) is 0 Å². The first-order valence-electron chi connectivity index (χ1n) is 6.01. The molecule has 0 spiro atoms. The van der Waals surface area contributed by atoms with Crippen LogP contribution in [0.15, 0.2) is 30.3 Å². The highest BCUT2D eigenvalue weighted by atomic mass is 16.2. The van der Waals surface area contributed by atoms with Gasteiger partial charge in [-0.2, -0.15) is 0 Å². The zero-order valence-electron chi connectivity index (χ0n) is 9.85. The summed E-state index contributed by atoms with van der Waals surface area (Å²) >= 11 is 0. The molecule has 1 saturated carbocycles. The van der Waals surface area contributed by atoms with Crippen molar-refractivity contribution in [3.63, 3.8) is 0 Å². The first-order chi connectivity index (χ1) is 8.13. The summed E-state index contributed by atoms with van der Waals surface area (Å²) < 4.78 is 0. The van der Waals surface area contributed by atoms with E-state index >= 15 is 0 Å². The van der Waals surface area contributed by atoms with Crippen LogP contribution in [0.4, 0.5) is 0 Å². The summed E-state index contributed by atoms with van der Waals surface area (Å²) in [7, 11) is 0. The third-order valence-corrected chi connectivity index (χ3v) is 4.13. The van der Waals surface area contributed by atoms with E-state index in [1.165, 1.54) is 0 Å². The molecule has 2 bridgehead atoms. The van der Waals surface area contributed by atoms with Crippen molar-refractivity contribution in [2.45, 2.75) is 25.3 Å². The van der Waals surface area contributed by atoms with Gasteiger partial charge in [-0.3, -0.25) is 9.59 Å². The molecule has 3 fully saturated rings. The molecule has 0 radical (unpaired) electrons. The van der Waals surface area contributed by atoms with Crippen LogP contribution in [0.5, 0.6) is 0 Å². The average molecular weight is 229 g/mol. The lowest BCUT2D eigenvalue weighted by Crippen LogP contribution is -2.53. The number of rotatable bonds is 2. The average Bonchev–Trinajstić information content (AvgIpc) is 2.84. The van der Waals surface area contributed by atoms with Gasteiger partial charge in [-0.1, -0.05) is 18.2 Å². The van der Waals surface area contributed by atoms with Crippen molar-refractivity contribution in [3.8, 4) is 0 Å². The van der Waals surface area contributed by atoms with Crippen LogP contribution in [0, 0.1) is 5.92 Å². The van der Waals surface area contributed by atoms with Gasteiger partial charge in [0.05, 0.1) is 0 Å². The van der Waals surface area contributed by atoms with E-state index in [0.717, 1.165) is 19.4 Å². The number of nitrogens with zero attached hydrogens (tertiary/aromatic N) is 1. The number of Topliss-reactive ketones (excluding diaryl/α,β-unsaturated/α-hetero) is 1. The van der Waals surface area contributed by atoms with E-state index < -0.39 is 5.54 Å². The van der Waals surface area contributed by atoms with Crippen molar-refractivity contribution in [2.75, 3.05) is 6.54 Å². The highest BCUT2D eigenvalue weighted by Gasteiger charge is 2.60. The molecule has 3 nitrogen and oxygen atoms in total. The van der Waals surface area contributed by atoms with Crippen LogP contribution >= 0.6 is 0 Å². The Morgan fingerprint density at radius 3 is 2.47 bits per heavy atom. The van der Waals surface area contributed by atoms with Gasteiger partial charge < -0.3 is 4.90 Å². The van der Waals surface area contributed by atoms with Crippen molar-refractivity contribution in [1.29, 1.82) is 0 Å². The van der Waals surface area contributed by atoms with E-state index in [0.29, 0.717) is 11.5 Å². The van der Waals surface area contributed by atoms with Crippen LogP contribution in [0.2, 0.25) is 0 Å². The number of fused-ring (bicyclic) bond motifs is 1. The molecule has 2 aliphatic heterocycles. The number of benzene rings is 1. The van der Waals surface area contributed by atoms with Crippen LogP contribution < -0.4 is 0 Å². The molecule has 3 heteroatoms. The summed E-state index contributed by atoms with van der Waals surface area (Å²) in [6.45, 7) is 2.35. The molecule has 1 aliphatic carbocycles. The van der Waals surface area contributed by atoms with Gasteiger partial charge in [-0.15, -0.1) is 0 Å². The molecule has 1 amide bonds. The largest absolute Gasteiger partial charge is 0.326 e. The molecule has 88 valence electrons. The van der Waals surface area contributed by atoms with Gasteiger partial charge in [0.1, 0.15) is 5.54 Å². The van der Waals surface area contributed by atoms with E-state index in [1.54, 1.807) is 11.8 Å². The number of hydrogen-bond donors (Lipinski definition) is 0. The maximum Gasteiger partial charge on any atom is 0.254 e. The van der Waals surface area contributed by atoms with E-state index in [1.807, 2.05) is 30.3 Å². The maximum absolute atomic E-state index is 12.4. The Morgan fingerprint density at radius 2 is 1.88 bits per heavy atom. The van der Waals surface area contributed by atoms with E-state index in [2.05, 4.69) is 0 Å². The van der Waals surface area contributed by atoms with E-state index in [-0.39, 0.29) is 11.7 Å². The number of amides is 1. The predicted octanol–water partition coefficient (Wildman–Crippen LogP) is 1.88. The van der Waals surface area contributed by atoms with Gasteiger partial charge >= 0.3 is 0 Å². The molecular weight excluding hydrogens is 214 g/mol. The minimum absolute atomic E-state index is 0.000741. The van der Waals surface area contributed by atoms with Crippen molar-refractivity contribution in [2.24, 2.45) is 5.92 Å². The van der Waals surface area contributed by atoms with Crippen LogP contribution in [0.1, 0.15) is 30.1 Å². The van der Waals surface area contributed by atoms with Crippen molar-refractivity contribution < 1.29 is 9.59 Å². The smallest absolute Gasteiger partial charge is 0.254 e. The Balaban J connectivity index is 1.91. The zero-order chi connectivity index (χ0) is 12.0. The van der Waals surface area contributed by atoms with Gasteiger partial charge in [-0.05, 0) is 37.8 Å². The molecule has 17 heavy (non-hydrogen) atoms. The first-order valence-corrected chi connectivity index (χ1v) is 6.01.